The van der Waals surface area contributed by atoms with Gasteiger partial charge < -0.3 is 4.90 Å². The van der Waals surface area contributed by atoms with Crippen LogP contribution >= 0.6 is 11.3 Å². The lowest BCUT2D eigenvalue weighted by atomic mass is 10.1. The fourth-order valence-electron chi connectivity index (χ4n) is 2.73. The van der Waals surface area contributed by atoms with E-state index in [9.17, 15) is 4.79 Å². The van der Waals surface area contributed by atoms with Crippen LogP contribution < -0.4 is 0 Å². The molecule has 122 valence electrons. The Hall–Kier alpha value is -2.46. The first-order valence-electron chi connectivity index (χ1n) is 7.97. The zero-order valence-corrected chi connectivity index (χ0v) is 14.8. The topological polar surface area (TPSA) is 33.2 Å². The molecule has 0 aliphatic heterocycles. The highest BCUT2D eigenvalue weighted by Gasteiger charge is 2.19. The highest BCUT2D eigenvalue weighted by molar-refractivity contribution is 7.13. The van der Waals surface area contributed by atoms with Gasteiger partial charge in [0.25, 0.3) is 5.91 Å². The Labute approximate surface area is 146 Å². The van der Waals surface area contributed by atoms with Crippen LogP contribution in [0.1, 0.15) is 24.2 Å². The van der Waals surface area contributed by atoms with E-state index in [0.717, 1.165) is 27.0 Å². The van der Waals surface area contributed by atoms with Crippen LogP contribution in [-0.4, -0.2) is 28.9 Å². The standard InChI is InChI=1S/C20H20N2OS/c1-4-22(13-14(2)3)20(23)16-12-18(19-10-7-11-24-19)21-17-9-6-5-8-15(16)17/h5-12H,2,4,13H2,1,3H3. The summed E-state index contributed by atoms with van der Waals surface area (Å²) in [5, 5.41) is 2.91. The quantitative estimate of drug-likeness (QED) is 0.614. The van der Waals surface area contributed by atoms with Gasteiger partial charge in [-0.1, -0.05) is 36.4 Å². The van der Waals surface area contributed by atoms with Crippen LogP contribution in [0.2, 0.25) is 0 Å². The highest BCUT2D eigenvalue weighted by atomic mass is 32.1. The molecule has 2 heterocycles. The first kappa shape index (κ1) is 16.4. The Balaban J connectivity index is 2.14. The number of carbonyl (C=O) groups is 1. The van der Waals surface area contributed by atoms with Crippen LogP contribution in [0, 0.1) is 0 Å². The summed E-state index contributed by atoms with van der Waals surface area (Å²) in [6.45, 7) is 9.09. The average molecular weight is 336 g/mol. The third kappa shape index (κ3) is 3.24. The molecule has 3 rings (SSSR count). The molecule has 0 atom stereocenters. The van der Waals surface area contributed by atoms with Gasteiger partial charge in [0.1, 0.15) is 0 Å². The Morgan fingerprint density at radius 2 is 2.04 bits per heavy atom. The normalized spacial score (nSPS) is 10.8. The van der Waals surface area contributed by atoms with Crippen molar-refractivity contribution in [2.24, 2.45) is 0 Å². The number of nitrogens with zero attached hydrogens (tertiary/aromatic N) is 2. The number of para-hydroxylation sites is 1. The summed E-state index contributed by atoms with van der Waals surface area (Å²) < 4.78 is 0. The first-order chi connectivity index (χ1) is 11.6. The number of aromatic nitrogens is 1. The van der Waals surface area contributed by atoms with E-state index in [0.29, 0.717) is 18.7 Å². The van der Waals surface area contributed by atoms with Gasteiger partial charge in [0.05, 0.1) is 21.7 Å². The molecule has 0 bridgehead atoms. The SMILES string of the molecule is C=C(C)CN(CC)C(=O)c1cc(-c2cccs2)nc2ccccc12. The van der Waals surface area contributed by atoms with Crippen LogP contribution in [0.15, 0.2) is 60.0 Å². The Bertz CT molecular complexity index is 884. The number of benzene rings is 1. The summed E-state index contributed by atoms with van der Waals surface area (Å²) in [6.07, 6.45) is 0. The van der Waals surface area contributed by atoms with Crippen molar-refractivity contribution in [3.8, 4) is 10.6 Å². The first-order valence-corrected chi connectivity index (χ1v) is 8.85. The molecule has 0 fully saturated rings. The summed E-state index contributed by atoms with van der Waals surface area (Å²) >= 11 is 1.63. The van der Waals surface area contributed by atoms with E-state index in [1.165, 1.54) is 0 Å². The molecule has 2 aromatic heterocycles. The second-order valence-corrected chi connectivity index (χ2v) is 6.77. The minimum absolute atomic E-state index is 0.0249. The van der Waals surface area contributed by atoms with Crippen molar-refractivity contribution in [1.82, 2.24) is 9.88 Å². The minimum atomic E-state index is 0.0249. The molecule has 0 saturated carbocycles. The van der Waals surface area contributed by atoms with Gasteiger partial charge >= 0.3 is 0 Å². The van der Waals surface area contributed by atoms with Gasteiger partial charge in [-0.3, -0.25) is 4.79 Å². The number of thiophene rings is 1. The lowest BCUT2D eigenvalue weighted by molar-refractivity contribution is 0.0780. The van der Waals surface area contributed by atoms with Crippen LogP contribution in [0.4, 0.5) is 0 Å². The number of hydrogen-bond acceptors (Lipinski definition) is 3. The molecular formula is C20H20N2OS. The molecule has 3 aromatic rings. The molecule has 1 aromatic carbocycles. The number of rotatable bonds is 5. The zero-order valence-electron chi connectivity index (χ0n) is 14.0. The number of carbonyl (C=O) groups excluding carboxylic acids is 1. The molecule has 0 N–H and O–H groups in total. The number of likely N-dealkylation sites (N-methyl/N-ethyl adjacent to an activating group) is 1. The molecule has 24 heavy (non-hydrogen) atoms. The van der Waals surface area contributed by atoms with Crippen molar-refractivity contribution in [1.29, 1.82) is 0 Å². The van der Waals surface area contributed by atoms with Gasteiger partial charge in [-0.15, -0.1) is 11.3 Å². The molecule has 0 radical (unpaired) electrons. The number of pyridine rings is 1. The van der Waals surface area contributed by atoms with Crippen molar-refractivity contribution in [2.75, 3.05) is 13.1 Å². The van der Waals surface area contributed by atoms with Gasteiger partial charge in [-0.2, -0.15) is 0 Å². The zero-order chi connectivity index (χ0) is 17.1. The third-order valence-electron chi connectivity index (χ3n) is 3.85. The maximum atomic E-state index is 13.1. The molecule has 0 saturated heterocycles. The molecule has 0 aliphatic rings. The minimum Gasteiger partial charge on any atom is -0.335 e. The molecule has 4 heteroatoms. The molecule has 0 aliphatic carbocycles. The van der Waals surface area contributed by atoms with Crippen molar-refractivity contribution in [3.63, 3.8) is 0 Å². The van der Waals surface area contributed by atoms with E-state index in [4.69, 9.17) is 4.98 Å². The van der Waals surface area contributed by atoms with Crippen LogP contribution in [-0.2, 0) is 0 Å². The summed E-state index contributed by atoms with van der Waals surface area (Å²) in [4.78, 5) is 20.7. The fraction of sp³-hybridized carbons (Fsp3) is 0.200. The second-order valence-electron chi connectivity index (χ2n) is 5.83. The predicted molar refractivity (Wildman–Crippen MR) is 101 cm³/mol. The molecular weight excluding hydrogens is 316 g/mol. The van der Waals surface area contributed by atoms with Crippen molar-refractivity contribution in [3.05, 3.63) is 65.6 Å². The highest BCUT2D eigenvalue weighted by Crippen LogP contribution is 2.28. The number of fused-ring (bicyclic) bond motifs is 1. The van der Waals surface area contributed by atoms with Gasteiger partial charge in [-0.25, -0.2) is 4.98 Å². The Morgan fingerprint density at radius 3 is 2.71 bits per heavy atom. The van der Waals surface area contributed by atoms with Crippen molar-refractivity contribution in [2.45, 2.75) is 13.8 Å². The van der Waals surface area contributed by atoms with E-state index in [1.54, 1.807) is 11.3 Å². The Kier molecular flexibility index (Phi) is 4.76. The van der Waals surface area contributed by atoms with Crippen LogP contribution in [0.25, 0.3) is 21.5 Å². The van der Waals surface area contributed by atoms with E-state index < -0.39 is 0 Å². The smallest absolute Gasteiger partial charge is 0.254 e. The van der Waals surface area contributed by atoms with E-state index in [2.05, 4.69) is 6.58 Å². The summed E-state index contributed by atoms with van der Waals surface area (Å²) in [5.74, 6) is 0.0249. The van der Waals surface area contributed by atoms with Gasteiger partial charge in [0.2, 0.25) is 0 Å². The second kappa shape index (κ2) is 6.97. The summed E-state index contributed by atoms with van der Waals surface area (Å²) in [6, 6.07) is 13.8. The predicted octanol–water partition coefficient (Wildman–Crippen LogP) is 5.00. The maximum Gasteiger partial charge on any atom is 0.254 e. The van der Waals surface area contributed by atoms with E-state index >= 15 is 0 Å². The van der Waals surface area contributed by atoms with Crippen molar-refractivity contribution < 1.29 is 4.79 Å². The monoisotopic (exact) mass is 336 g/mol. The average Bonchev–Trinajstić information content (AvgIpc) is 3.12. The lowest BCUT2D eigenvalue weighted by Gasteiger charge is -2.22. The van der Waals surface area contributed by atoms with Crippen LogP contribution in [0.3, 0.4) is 0 Å². The third-order valence-corrected chi connectivity index (χ3v) is 4.74. The number of hydrogen-bond donors (Lipinski definition) is 0. The van der Waals surface area contributed by atoms with Crippen molar-refractivity contribution >= 4 is 28.1 Å². The van der Waals surface area contributed by atoms with E-state index in [1.807, 2.05) is 66.6 Å². The maximum absolute atomic E-state index is 13.1. The Morgan fingerprint density at radius 1 is 1.25 bits per heavy atom. The number of amides is 1. The van der Waals surface area contributed by atoms with Gasteiger partial charge in [0.15, 0.2) is 0 Å². The summed E-state index contributed by atoms with van der Waals surface area (Å²) in [7, 11) is 0. The molecule has 0 unspecified atom stereocenters. The molecule has 3 nitrogen and oxygen atoms in total. The summed E-state index contributed by atoms with van der Waals surface area (Å²) in [5.41, 5.74) is 3.37. The largest absolute Gasteiger partial charge is 0.335 e. The lowest BCUT2D eigenvalue weighted by Crippen LogP contribution is -2.32. The van der Waals surface area contributed by atoms with Gasteiger partial charge in [-0.05, 0) is 37.4 Å². The fourth-order valence-corrected chi connectivity index (χ4v) is 3.41. The van der Waals surface area contributed by atoms with Crippen LogP contribution in [0.5, 0.6) is 0 Å². The van der Waals surface area contributed by atoms with E-state index in [-0.39, 0.29) is 5.91 Å². The van der Waals surface area contributed by atoms with Gasteiger partial charge in [0, 0.05) is 18.5 Å². The molecule has 0 spiro atoms. The molecule has 1 amide bonds.